The van der Waals surface area contributed by atoms with Crippen LogP contribution in [0.1, 0.15) is 37.8 Å². The Morgan fingerprint density at radius 3 is 2.51 bits per heavy atom. The van der Waals surface area contributed by atoms with Gasteiger partial charge in [0.05, 0.1) is 24.0 Å². The average molecular weight is 530 g/mol. The molecule has 0 spiro atoms. The molecule has 37 heavy (non-hydrogen) atoms. The van der Waals surface area contributed by atoms with Gasteiger partial charge >= 0.3 is 0 Å². The number of aryl methyl sites for hydroxylation is 1. The molecule has 1 heterocycles. The lowest BCUT2D eigenvalue weighted by Crippen LogP contribution is -2.47. The first kappa shape index (κ1) is 27.4. The van der Waals surface area contributed by atoms with Crippen LogP contribution in [0.5, 0.6) is 5.75 Å². The third-order valence-corrected chi connectivity index (χ3v) is 8.66. The van der Waals surface area contributed by atoms with Crippen molar-refractivity contribution in [2.75, 3.05) is 38.0 Å². The van der Waals surface area contributed by atoms with E-state index < -0.39 is 10.0 Å². The number of amides is 1. The van der Waals surface area contributed by atoms with Crippen LogP contribution < -0.4 is 9.46 Å². The average Bonchev–Trinajstić information content (AvgIpc) is 3.65. The van der Waals surface area contributed by atoms with Crippen LogP contribution in [0.3, 0.4) is 0 Å². The SMILES string of the molecule is Cc1ccc(S(=O)(=O)Nc2ccc3c(c2)CC(=O)N([C@H](C)CO)C[C@H](C)[C@H](CN(C)CC2CC2)O3)cc1. The topological polar surface area (TPSA) is 99.2 Å². The van der Waals surface area contributed by atoms with Gasteiger partial charge in [0.1, 0.15) is 11.9 Å². The van der Waals surface area contributed by atoms with Gasteiger partial charge in [-0.3, -0.25) is 9.52 Å². The molecule has 2 aliphatic rings. The Kier molecular flexibility index (Phi) is 8.46. The van der Waals surface area contributed by atoms with Crippen LogP contribution in [0.4, 0.5) is 5.69 Å². The lowest BCUT2D eigenvalue weighted by Gasteiger charge is -2.34. The standard InChI is InChI=1S/C28H39N3O5S/c1-19-5-10-25(11-6-19)37(34,35)29-24-9-12-26-23(13-24)14-28(33)31(21(3)18-32)15-20(2)27(36-26)17-30(4)16-22-7-8-22/h5-6,9-13,20-22,27,29,32H,7-8,14-18H2,1-4H3/t20-,21+,27-/m0/s1. The molecule has 8 nitrogen and oxygen atoms in total. The smallest absolute Gasteiger partial charge is 0.261 e. The zero-order valence-electron chi connectivity index (χ0n) is 22.2. The molecule has 0 bridgehead atoms. The molecule has 1 fully saturated rings. The number of fused-ring (bicyclic) bond motifs is 1. The van der Waals surface area contributed by atoms with Gasteiger partial charge in [-0.1, -0.05) is 24.6 Å². The Bertz CT molecular complexity index is 1200. The Hall–Kier alpha value is -2.62. The molecule has 0 saturated heterocycles. The summed E-state index contributed by atoms with van der Waals surface area (Å²) < 4.78 is 35.1. The minimum absolute atomic E-state index is 0.0327. The van der Waals surface area contributed by atoms with Gasteiger partial charge in [0, 0.05) is 36.8 Å². The summed E-state index contributed by atoms with van der Waals surface area (Å²) in [5, 5.41) is 9.82. The molecule has 0 unspecified atom stereocenters. The highest BCUT2D eigenvalue weighted by Crippen LogP contribution is 2.32. The van der Waals surface area contributed by atoms with E-state index in [0.29, 0.717) is 30.1 Å². The summed E-state index contributed by atoms with van der Waals surface area (Å²) in [6, 6.07) is 11.4. The molecule has 2 aromatic rings. The van der Waals surface area contributed by atoms with E-state index >= 15 is 0 Å². The number of hydrogen-bond acceptors (Lipinski definition) is 6. The van der Waals surface area contributed by atoms with Crippen LogP contribution in [-0.4, -0.2) is 74.7 Å². The summed E-state index contributed by atoms with van der Waals surface area (Å²) in [6.45, 7) is 7.90. The number of nitrogens with zero attached hydrogens (tertiary/aromatic N) is 2. The van der Waals surface area contributed by atoms with Gasteiger partial charge in [0.2, 0.25) is 5.91 Å². The summed E-state index contributed by atoms with van der Waals surface area (Å²) in [7, 11) is -1.69. The maximum atomic E-state index is 13.4. The van der Waals surface area contributed by atoms with E-state index in [9.17, 15) is 18.3 Å². The summed E-state index contributed by atoms with van der Waals surface area (Å²) in [5.41, 5.74) is 1.96. The van der Waals surface area contributed by atoms with E-state index in [2.05, 4.69) is 23.6 Å². The van der Waals surface area contributed by atoms with Gasteiger partial charge in [-0.15, -0.1) is 0 Å². The van der Waals surface area contributed by atoms with Crippen LogP contribution in [-0.2, 0) is 21.2 Å². The number of anilines is 1. The maximum absolute atomic E-state index is 13.4. The van der Waals surface area contributed by atoms with Crippen LogP contribution in [0, 0.1) is 18.8 Å². The molecule has 4 rings (SSSR count). The summed E-state index contributed by atoms with van der Waals surface area (Å²) in [5.74, 6) is 1.25. The first-order valence-corrected chi connectivity index (χ1v) is 14.5. The molecule has 0 radical (unpaired) electrons. The largest absolute Gasteiger partial charge is 0.488 e. The van der Waals surface area contributed by atoms with Gasteiger partial charge in [-0.05, 0) is 70.0 Å². The van der Waals surface area contributed by atoms with Crippen molar-refractivity contribution in [1.29, 1.82) is 0 Å². The van der Waals surface area contributed by atoms with E-state index in [0.717, 1.165) is 18.0 Å². The summed E-state index contributed by atoms with van der Waals surface area (Å²) in [4.78, 5) is 17.6. The van der Waals surface area contributed by atoms with E-state index in [1.54, 1.807) is 47.4 Å². The number of hydrogen-bond donors (Lipinski definition) is 2. The second kappa shape index (κ2) is 11.4. The Morgan fingerprint density at radius 2 is 1.86 bits per heavy atom. The van der Waals surface area contributed by atoms with Gasteiger partial charge < -0.3 is 19.6 Å². The molecular formula is C28H39N3O5S. The highest BCUT2D eigenvalue weighted by Gasteiger charge is 2.32. The monoisotopic (exact) mass is 529 g/mol. The van der Waals surface area contributed by atoms with Gasteiger partial charge in [-0.25, -0.2) is 8.42 Å². The molecule has 1 aliphatic carbocycles. The summed E-state index contributed by atoms with van der Waals surface area (Å²) >= 11 is 0. The predicted molar refractivity (Wildman–Crippen MR) is 144 cm³/mol. The van der Waals surface area contributed by atoms with Crippen LogP contribution in [0.2, 0.25) is 0 Å². The second-order valence-corrected chi connectivity index (χ2v) is 12.5. The number of rotatable bonds is 9. The van der Waals surface area contributed by atoms with Crippen molar-refractivity contribution in [2.45, 2.75) is 57.1 Å². The molecular weight excluding hydrogens is 490 g/mol. The second-order valence-electron chi connectivity index (χ2n) is 10.8. The maximum Gasteiger partial charge on any atom is 0.261 e. The number of likely N-dealkylation sites (N-methyl/N-ethyl adjacent to an activating group) is 1. The molecule has 0 aromatic heterocycles. The van der Waals surface area contributed by atoms with Crippen LogP contribution in [0.15, 0.2) is 47.4 Å². The molecule has 1 amide bonds. The molecule has 9 heteroatoms. The normalized spacial score (nSPS) is 21.5. The summed E-state index contributed by atoms with van der Waals surface area (Å²) in [6.07, 6.45) is 2.42. The van der Waals surface area contributed by atoms with Gasteiger partial charge in [0.15, 0.2) is 0 Å². The molecule has 2 aromatic carbocycles. The third kappa shape index (κ3) is 7.03. The van der Waals surface area contributed by atoms with Crippen molar-refractivity contribution < 1.29 is 23.1 Å². The number of ether oxygens (including phenoxy) is 1. The number of carbonyl (C=O) groups excluding carboxylic acids is 1. The first-order valence-electron chi connectivity index (χ1n) is 13.0. The number of benzene rings is 2. The lowest BCUT2D eigenvalue weighted by molar-refractivity contribution is -0.134. The molecule has 2 N–H and O–H groups in total. The van der Waals surface area contributed by atoms with Gasteiger partial charge in [-0.2, -0.15) is 0 Å². The number of aliphatic hydroxyl groups is 1. The van der Waals surface area contributed by atoms with Crippen molar-refractivity contribution in [3.63, 3.8) is 0 Å². The predicted octanol–water partition coefficient (Wildman–Crippen LogP) is 3.29. The van der Waals surface area contributed by atoms with Crippen molar-refractivity contribution >= 4 is 21.6 Å². The Balaban J connectivity index is 1.63. The zero-order valence-corrected chi connectivity index (χ0v) is 23.0. The fraction of sp³-hybridized carbons (Fsp3) is 0.536. The van der Waals surface area contributed by atoms with Crippen LogP contribution >= 0.6 is 0 Å². The lowest BCUT2D eigenvalue weighted by atomic mass is 10.0. The minimum Gasteiger partial charge on any atom is -0.488 e. The molecule has 1 aliphatic heterocycles. The van der Waals surface area contributed by atoms with E-state index in [-0.39, 0.29) is 41.9 Å². The Labute approximate surface area is 220 Å². The Morgan fingerprint density at radius 1 is 1.16 bits per heavy atom. The number of sulfonamides is 1. The quantitative estimate of drug-likeness (QED) is 0.517. The molecule has 3 atom stereocenters. The molecule has 202 valence electrons. The van der Waals surface area contributed by atoms with Crippen molar-refractivity contribution in [1.82, 2.24) is 9.80 Å². The molecule has 1 saturated carbocycles. The fourth-order valence-corrected chi connectivity index (χ4v) is 5.81. The van der Waals surface area contributed by atoms with Crippen molar-refractivity contribution in [3.05, 3.63) is 53.6 Å². The van der Waals surface area contributed by atoms with E-state index in [1.807, 2.05) is 13.8 Å². The first-order chi connectivity index (χ1) is 17.6. The highest BCUT2D eigenvalue weighted by molar-refractivity contribution is 7.92. The number of carbonyl (C=O) groups is 1. The number of aliphatic hydroxyl groups excluding tert-OH is 1. The van der Waals surface area contributed by atoms with Crippen LogP contribution in [0.25, 0.3) is 0 Å². The van der Waals surface area contributed by atoms with Crippen molar-refractivity contribution in [2.24, 2.45) is 11.8 Å². The fourth-order valence-electron chi connectivity index (χ4n) is 4.77. The number of nitrogens with one attached hydrogen (secondary N) is 1. The minimum atomic E-state index is -3.79. The third-order valence-electron chi connectivity index (χ3n) is 7.26. The zero-order chi connectivity index (χ0) is 26.7. The van der Waals surface area contributed by atoms with E-state index in [1.165, 1.54) is 12.8 Å². The van der Waals surface area contributed by atoms with E-state index in [4.69, 9.17) is 4.74 Å². The highest BCUT2D eigenvalue weighted by atomic mass is 32.2. The van der Waals surface area contributed by atoms with Gasteiger partial charge in [0.25, 0.3) is 10.0 Å². The van der Waals surface area contributed by atoms with Crippen molar-refractivity contribution in [3.8, 4) is 5.75 Å².